The van der Waals surface area contributed by atoms with Gasteiger partial charge in [0, 0.05) is 31.4 Å². The van der Waals surface area contributed by atoms with Gasteiger partial charge in [0.25, 0.3) is 0 Å². The lowest BCUT2D eigenvalue weighted by Gasteiger charge is -2.21. The summed E-state index contributed by atoms with van der Waals surface area (Å²) in [6.07, 6.45) is 1.47. The Labute approximate surface area is 199 Å². The molecule has 0 bridgehead atoms. The number of carboxylic acid groups (broad SMARTS) is 1. The van der Waals surface area contributed by atoms with Crippen molar-refractivity contribution in [2.45, 2.75) is 57.0 Å². The van der Waals surface area contributed by atoms with E-state index >= 15 is 0 Å². The zero-order valence-corrected chi connectivity index (χ0v) is 19.3. The molecule has 0 aliphatic heterocycles. The first-order valence-electron chi connectivity index (χ1n) is 11.7. The van der Waals surface area contributed by atoms with Crippen LogP contribution in [0.3, 0.4) is 0 Å². The molecule has 182 valence electrons. The lowest BCUT2D eigenvalue weighted by Crippen LogP contribution is -2.45. The predicted molar refractivity (Wildman–Crippen MR) is 127 cm³/mol. The molecule has 2 aromatic rings. The molecule has 1 unspecified atom stereocenters. The summed E-state index contributed by atoms with van der Waals surface area (Å²) in [6.45, 7) is 1.82. The zero-order valence-electron chi connectivity index (χ0n) is 19.3. The van der Waals surface area contributed by atoms with Crippen LogP contribution >= 0.6 is 0 Å². The molecule has 2 amide bonds. The molecule has 4 N–H and O–H groups in total. The summed E-state index contributed by atoms with van der Waals surface area (Å²) in [6, 6.07) is 14.5. The molecule has 0 fully saturated rings. The molecule has 0 radical (unpaired) electrons. The highest BCUT2D eigenvalue weighted by Gasteiger charge is 2.29. The molecule has 8 heteroatoms. The fourth-order valence-electron chi connectivity index (χ4n) is 4.35. The molecule has 2 atom stereocenters. The Bertz CT molecular complexity index is 963. The summed E-state index contributed by atoms with van der Waals surface area (Å²) in [5.74, 6) is -1.77. The largest absolute Gasteiger partial charge is 0.480 e. The number of hydrogen-bond acceptors (Lipinski definition) is 5. The van der Waals surface area contributed by atoms with E-state index in [1.807, 2.05) is 43.3 Å². The molecule has 1 aliphatic carbocycles. The molecule has 1 aliphatic rings. The third-order valence-corrected chi connectivity index (χ3v) is 6.05. The molecule has 0 spiro atoms. The van der Waals surface area contributed by atoms with Crippen LogP contribution in [0.5, 0.6) is 0 Å². The number of carbonyl (C=O) groups is 3. The number of carbonyl (C=O) groups excluding carboxylic acids is 2. The van der Waals surface area contributed by atoms with Crippen LogP contribution in [0.2, 0.25) is 0 Å². The number of nitrogens with one attached hydrogen (secondary N) is 2. The number of aliphatic hydroxyl groups is 1. The third-order valence-electron chi connectivity index (χ3n) is 6.05. The number of alkyl carbamates (subject to hydrolysis) is 1. The normalized spacial score (nSPS) is 13.9. The zero-order chi connectivity index (χ0) is 24.5. The maximum absolute atomic E-state index is 12.6. The summed E-state index contributed by atoms with van der Waals surface area (Å²) in [7, 11) is 0. The SMILES string of the molecule is CCCCC(CC(=O)N[C@H](CCO)C(=O)O)NC(=O)OCC1c2ccccc2-c2ccccc21. The van der Waals surface area contributed by atoms with Gasteiger partial charge in [-0.1, -0.05) is 68.3 Å². The second kappa shape index (κ2) is 12.2. The van der Waals surface area contributed by atoms with Crippen molar-refractivity contribution in [2.75, 3.05) is 13.2 Å². The fourth-order valence-corrected chi connectivity index (χ4v) is 4.35. The van der Waals surface area contributed by atoms with E-state index in [-0.39, 0.29) is 32.0 Å². The maximum Gasteiger partial charge on any atom is 0.407 e. The van der Waals surface area contributed by atoms with Crippen molar-refractivity contribution in [1.29, 1.82) is 0 Å². The second-order valence-electron chi connectivity index (χ2n) is 8.48. The Morgan fingerprint density at radius 1 is 0.971 bits per heavy atom. The molecular formula is C26H32N2O6. The Kier molecular flexibility index (Phi) is 9.04. The van der Waals surface area contributed by atoms with Gasteiger partial charge in [-0.05, 0) is 28.7 Å². The van der Waals surface area contributed by atoms with Gasteiger partial charge < -0.3 is 25.6 Å². The van der Waals surface area contributed by atoms with Crippen LogP contribution in [0.4, 0.5) is 4.79 Å². The lowest BCUT2D eigenvalue weighted by atomic mass is 9.98. The summed E-state index contributed by atoms with van der Waals surface area (Å²) in [4.78, 5) is 36.2. The number of benzene rings is 2. The lowest BCUT2D eigenvalue weighted by molar-refractivity contribution is -0.142. The van der Waals surface area contributed by atoms with E-state index in [1.54, 1.807) is 0 Å². The number of unbranched alkanes of at least 4 members (excludes halogenated alkanes) is 1. The first-order chi connectivity index (χ1) is 16.4. The number of aliphatic hydroxyl groups excluding tert-OH is 1. The molecule has 2 aromatic carbocycles. The molecule has 0 saturated heterocycles. The van der Waals surface area contributed by atoms with Crippen LogP contribution < -0.4 is 10.6 Å². The number of hydrogen-bond donors (Lipinski definition) is 4. The highest BCUT2D eigenvalue weighted by molar-refractivity contribution is 5.84. The molecule has 8 nitrogen and oxygen atoms in total. The highest BCUT2D eigenvalue weighted by Crippen LogP contribution is 2.44. The van der Waals surface area contributed by atoms with Crippen LogP contribution in [-0.4, -0.2) is 53.5 Å². The number of rotatable bonds is 12. The Morgan fingerprint density at radius 2 is 1.59 bits per heavy atom. The van der Waals surface area contributed by atoms with E-state index in [1.165, 1.54) is 0 Å². The van der Waals surface area contributed by atoms with Crippen LogP contribution in [0.1, 0.15) is 56.1 Å². The Hall–Kier alpha value is -3.39. The summed E-state index contributed by atoms with van der Waals surface area (Å²) >= 11 is 0. The number of amides is 2. The van der Waals surface area contributed by atoms with Gasteiger partial charge in [0.05, 0.1) is 0 Å². The molecule has 34 heavy (non-hydrogen) atoms. The van der Waals surface area contributed by atoms with E-state index in [0.717, 1.165) is 35.1 Å². The number of ether oxygens (including phenoxy) is 1. The average Bonchev–Trinajstić information content (AvgIpc) is 3.14. The molecule has 0 aromatic heterocycles. The average molecular weight is 469 g/mol. The fraction of sp³-hybridized carbons (Fsp3) is 0.423. The van der Waals surface area contributed by atoms with Crippen molar-refractivity contribution in [3.8, 4) is 11.1 Å². The number of carboxylic acids is 1. The first kappa shape index (κ1) is 25.2. The minimum absolute atomic E-state index is 0.0645. The van der Waals surface area contributed by atoms with E-state index in [9.17, 15) is 19.5 Å². The minimum atomic E-state index is -1.21. The smallest absolute Gasteiger partial charge is 0.407 e. The topological polar surface area (TPSA) is 125 Å². The van der Waals surface area contributed by atoms with E-state index in [2.05, 4.69) is 22.8 Å². The van der Waals surface area contributed by atoms with Crippen LogP contribution in [0.15, 0.2) is 48.5 Å². The van der Waals surface area contributed by atoms with Gasteiger partial charge in [-0.15, -0.1) is 0 Å². The van der Waals surface area contributed by atoms with Gasteiger partial charge >= 0.3 is 12.1 Å². The van der Waals surface area contributed by atoms with Crippen molar-refractivity contribution in [3.05, 3.63) is 59.7 Å². The van der Waals surface area contributed by atoms with Gasteiger partial charge in [0.2, 0.25) is 5.91 Å². The molecule has 0 heterocycles. The molecule has 0 saturated carbocycles. The van der Waals surface area contributed by atoms with Gasteiger partial charge in [-0.3, -0.25) is 4.79 Å². The molecule has 3 rings (SSSR count). The van der Waals surface area contributed by atoms with Crippen molar-refractivity contribution in [2.24, 2.45) is 0 Å². The van der Waals surface area contributed by atoms with Crippen molar-refractivity contribution in [3.63, 3.8) is 0 Å². The first-order valence-corrected chi connectivity index (χ1v) is 11.7. The van der Waals surface area contributed by atoms with Crippen molar-refractivity contribution < 1.29 is 29.3 Å². The number of fused-ring (bicyclic) bond motifs is 3. The van der Waals surface area contributed by atoms with E-state index in [0.29, 0.717) is 6.42 Å². The standard InChI is InChI=1S/C26H32N2O6/c1-2-3-8-17(15-24(30)28-23(13-14-29)25(31)32)27-26(33)34-16-22-20-11-6-4-9-18(20)19-10-5-7-12-21(19)22/h4-7,9-12,17,22-23,29H,2-3,8,13-16H2,1H3,(H,27,33)(H,28,30)(H,31,32)/t17?,23-/m1/s1. The van der Waals surface area contributed by atoms with E-state index < -0.39 is 30.1 Å². The third kappa shape index (κ3) is 6.35. The quantitative estimate of drug-likeness (QED) is 0.378. The van der Waals surface area contributed by atoms with Gasteiger partial charge in [-0.2, -0.15) is 0 Å². The van der Waals surface area contributed by atoms with Crippen LogP contribution in [0.25, 0.3) is 11.1 Å². The Morgan fingerprint density at radius 3 is 2.15 bits per heavy atom. The molecular weight excluding hydrogens is 436 g/mol. The monoisotopic (exact) mass is 468 g/mol. The summed E-state index contributed by atoms with van der Waals surface area (Å²) < 4.78 is 5.58. The second-order valence-corrected chi connectivity index (χ2v) is 8.48. The van der Waals surface area contributed by atoms with Crippen LogP contribution in [0, 0.1) is 0 Å². The predicted octanol–water partition coefficient (Wildman–Crippen LogP) is 3.43. The highest BCUT2D eigenvalue weighted by atomic mass is 16.5. The van der Waals surface area contributed by atoms with Crippen molar-refractivity contribution >= 4 is 18.0 Å². The Balaban J connectivity index is 1.60. The summed E-state index contributed by atoms with van der Waals surface area (Å²) in [5, 5.41) is 23.3. The maximum atomic E-state index is 12.6. The number of aliphatic carboxylic acids is 1. The van der Waals surface area contributed by atoms with Gasteiger partial charge in [-0.25, -0.2) is 9.59 Å². The van der Waals surface area contributed by atoms with Crippen molar-refractivity contribution in [1.82, 2.24) is 10.6 Å². The van der Waals surface area contributed by atoms with Gasteiger partial charge in [0.1, 0.15) is 12.6 Å². The van der Waals surface area contributed by atoms with E-state index in [4.69, 9.17) is 9.84 Å². The van der Waals surface area contributed by atoms with Crippen LogP contribution in [-0.2, 0) is 14.3 Å². The van der Waals surface area contributed by atoms with Gasteiger partial charge in [0.15, 0.2) is 0 Å². The summed E-state index contributed by atoms with van der Waals surface area (Å²) in [5.41, 5.74) is 4.50. The minimum Gasteiger partial charge on any atom is -0.480 e.